The summed E-state index contributed by atoms with van der Waals surface area (Å²) < 4.78 is 0. The molecule has 1 fully saturated rings. The van der Waals surface area contributed by atoms with Gasteiger partial charge in [0.2, 0.25) is 0 Å². The number of likely N-dealkylation sites (tertiary alicyclic amines) is 1. The van der Waals surface area contributed by atoms with Crippen molar-refractivity contribution in [2.45, 2.75) is 19.3 Å². The molecule has 1 N–H and O–H groups in total. The lowest BCUT2D eigenvalue weighted by atomic mass is 10.1. The number of anilines is 1. The average molecular weight is 344 g/mol. The predicted octanol–water partition coefficient (Wildman–Crippen LogP) is 3.61. The standard InChI is InChI=1S/C18H18ClN3O2/c19-13-6-4-7-14(12-13)20-17(23)15-8-5-9-16(21-15)18(24)22-10-2-1-3-11-22/h4-9,12H,1-3,10-11H2,(H,20,23). The van der Waals surface area contributed by atoms with Crippen LogP contribution in [0.1, 0.15) is 40.2 Å². The minimum atomic E-state index is -0.370. The number of carbonyl (C=O) groups excluding carboxylic acids is 2. The van der Waals surface area contributed by atoms with Gasteiger partial charge in [-0.1, -0.05) is 23.7 Å². The lowest BCUT2D eigenvalue weighted by molar-refractivity contribution is 0.0718. The zero-order chi connectivity index (χ0) is 16.9. The van der Waals surface area contributed by atoms with Crippen molar-refractivity contribution in [1.29, 1.82) is 0 Å². The van der Waals surface area contributed by atoms with Crippen LogP contribution in [0.3, 0.4) is 0 Å². The first-order valence-corrected chi connectivity index (χ1v) is 8.34. The van der Waals surface area contributed by atoms with Crippen molar-refractivity contribution in [3.05, 3.63) is 58.9 Å². The number of hydrogen-bond donors (Lipinski definition) is 1. The van der Waals surface area contributed by atoms with Crippen LogP contribution in [0.2, 0.25) is 5.02 Å². The Hall–Kier alpha value is -2.40. The number of nitrogens with one attached hydrogen (secondary N) is 1. The molecule has 0 unspecified atom stereocenters. The van der Waals surface area contributed by atoms with E-state index >= 15 is 0 Å². The van der Waals surface area contributed by atoms with E-state index in [-0.39, 0.29) is 17.5 Å². The number of nitrogens with zero attached hydrogens (tertiary/aromatic N) is 2. The zero-order valence-corrected chi connectivity index (χ0v) is 13.9. The van der Waals surface area contributed by atoms with Gasteiger partial charge in [-0.25, -0.2) is 4.98 Å². The van der Waals surface area contributed by atoms with Gasteiger partial charge in [-0.2, -0.15) is 0 Å². The van der Waals surface area contributed by atoms with Gasteiger partial charge in [0, 0.05) is 23.8 Å². The summed E-state index contributed by atoms with van der Waals surface area (Å²) in [6, 6.07) is 11.8. The van der Waals surface area contributed by atoms with E-state index in [0.29, 0.717) is 16.4 Å². The van der Waals surface area contributed by atoms with Crippen LogP contribution in [0.25, 0.3) is 0 Å². The van der Waals surface area contributed by atoms with E-state index in [9.17, 15) is 9.59 Å². The highest BCUT2D eigenvalue weighted by Gasteiger charge is 2.20. The molecule has 0 saturated carbocycles. The molecule has 0 radical (unpaired) electrons. The summed E-state index contributed by atoms with van der Waals surface area (Å²) in [5, 5.41) is 3.27. The van der Waals surface area contributed by atoms with E-state index in [0.717, 1.165) is 32.4 Å². The van der Waals surface area contributed by atoms with E-state index in [2.05, 4.69) is 10.3 Å². The Bertz CT molecular complexity index is 757. The van der Waals surface area contributed by atoms with Crippen molar-refractivity contribution in [2.75, 3.05) is 18.4 Å². The molecule has 1 aliphatic rings. The second-order valence-electron chi connectivity index (χ2n) is 5.73. The molecule has 0 aliphatic carbocycles. The SMILES string of the molecule is O=C(Nc1cccc(Cl)c1)c1cccc(C(=O)N2CCCCC2)n1. The Morgan fingerprint density at radius 3 is 2.46 bits per heavy atom. The third kappa shape index (κ3) is 3.92. The quantitative estimate of drug-likeness (QED) is 0.926. The maximum atomic E-state index is 12.5. The van der Waals surface area contributed by atoms with Crippen molar-refractivity contribution in [2.24, 2.45) is 0 Å². The summed E-state index contributed by atoms with van der Waals surface area (Å²) in [6.45, 7) is 1.50. The molecule has 1 aliphatic heterocycles. The minimum absolute atomic E-state index is 0.118. The number of hydrogen-bond acceptors (Lipinski definition) is 3. The van der Waals surface area contributed by atoms with Gasteiger partial charge in [-0.15, -0.1) is 0 Å². The second kappa shape index (κ2) is 7.45. The first-order valence-electron chi connectivity index (χ1n) is 7.97. The van der Waals surface area contributed by atoms with E-state index in [1.165, 1.54) is 0 Å². The molecule has 0 atom stereocenters. The molecule has 0 spiro atoms. The maximum Gasteiger partial charge on any atom is 0.274 e. The van der Waals surface area contributed by atoms with Gasteiger partial charge in [0.05, 0.1) is 0 Å². The van der Waals surface area contributed by atoms with Gasteiger partial charge in [-0.05, 0) is 49.6 Å². The van der Waals surface area contributed by atoms with Crippen molar-refractivity contribution >= 4 is 29.1 Å². The lowest BCUT2D eigenvalue weighted by Crippen LogP contribution is -2.36. The van der Waals surface area contributed by atoms with Gasteiger partial charge in [0.25, 0.3) is 11.8 Å². The van der Waals surface area contributed by atoms with Crippen molar-refractivity contribution < 1.29 is 9.59 Å². The molecule has 2 aromatic rings. The fourth-order valence-corrected chi connectivity index (χ4v) is 2.89. The van der Waals surface area contributed by atoms with Crippen molar-refractivity contribution in [1.82, 2.24) is 9.88 Å². The normalized spacial score (nSPS) is 14.3. The summed E-state index contributed by atoms with van der Waals surface area (Å²) in [4.78, 5) is 30.9. The van der Waals surface area contributed by atoms with Crippen LogP contribution in [0.5, 0.6) is 0 Å². The molecule has 1 aromatic heterocycles. The average Bonchev–Trinajstić information content (AvgIpc) is 2.62. The molecular formula is C18H18ClN3O2. The predicted molar refractivity (Wildman–Crippen MR) is 93.4 cm³/mol. The van der Waals surface area contributed by atoms with Crippen LogP contribution in [0.15, 0.2) is 42.5 Å². The summed E-state index contributed by atoms with van der Waals surface area (Å²) in [5.74, 6) is -0.488. The fraction of sp³-hybridized carbons (Fsp3) is 0.278. The Morgan fingerprint density at radius 2 is 1.71 bits per heavy atom. The van der Waals surface area contributed by atoms with Gasteiger partial charge >= 0.3 is 0 Å². The first-order chi connectivity index (χ1) is 11.6. The monoisotopic (exact) mass is 343 g/mol. The van der Waals surface area contributed by atoms with Crippen LogP contribution < -0.4 is 5.32 Å². The molecule has 2 heterocycles. The number of piperidine rings is 1. The van der Waals surface area contributed by atoms with Crippen molar-refractivity contribution in [3.63, 3.8) is 0 Å². The molecule has 2 amide bonds. The second-order valence-corrected chi connectivity index (χ2v) is 6.16. The lowest BCUT2D eigenvalue weighted by Gasteiger charge is -2.26. The summed E-state index contributed by atoms with van der Waals surface area (Å²) in [7, 11) is 0. The molecule has 24 heavy (non-hydrogen) atoms. The first kappa shape index (κ1) is 16.5. The fourth-order valence-electron chi connectivity index (χ4n) is 2.70. The number of carbonyl (C=O) groups is 2. The van der Waals surface area contributed by atoms with E-state index in [1.807, 2.05) is 0 Å². The van der Waals surface area contributed by atoms with E-state index in [4.69, 9.17) is 11.6 Å². The Kier molecular flexibility index (Phi) is 5.11. The molecule has 1 aromatic carbocycles. The number of aromatic nitrogens is 1. The largest absolute Gasteiger partial charge is 0.337 e. The van der Waals surface area contributed by atoms with Gasteiger partial charge < -0.3 is 10.2 Å². The van der Waals surface area contributed by atoms with E-state index in [1.54, 1.807) is 47.4 Å². The number of rotatable bonds is 3. The molecule has 124 valence electrons. The van der Waals surface area contributed by atoms with E-state index < -0.39 is 0 Å². The molecule has 3 rings (SSSR count). The molecule has 1 saturated heterocycles. The Balaban J connectivity index is 1.74. The minimum Gasteiger partial charge on any atom is -0.337 e. The Morgan fingerprint density at radius 1 is 1.00 bits per heavy atom. The third-order valence-corrected chi connectivity index (χ3v) is 4.16. The zero-order valence-electron chi connectivity index (χ0n) is 13.2. The summed E-state index contributed by atoms with van der Waals surface area (Å²) in [5.41, 5.74) is 1.09. The van der Waals surface area contributed by atoms with Gasteiger partial charge in [-0.3, -0.25) is 9.59 Å². The summed E-state index contributed by atoms with van der Waals surface area (Å²) >= 11 is 5.91. The van der Waals surface area contributed by atoms with Crippen LogP contribution in [-0.4, -0.2) is 34.8 Å². The number of pyridine rings is 1. The molecular weight excluding hydrogens is 326 g/mol. The highest BCUT2D eigenvalue weighted by Crippen LogP contribution is 2.16. The maximum absolute atomic E-state index is 12.5. The third-order valence-electron chi connectivity index (χ3n) is 3.93. The van der Waals surface area contributed by atoms with Gasteiger partial charge in [0.15, 0.2) is 0 Å². The summed E-state index contributed by atoms with van der Waals surface area (Å²) in [6.07, 6.45) is 3.18. The van der Waals surface area contributed by atoms with Crippen LogP contribution in [0.4, 0.5) is 5.69 Å². The topological polar surface area (TPSA) is 62.3 Å². The van der Waals surface area contributed by atoms with Gasteiger partial charge in [0.1, 0.15) is 11.4 Å². The smallest absolute Gasteiger partial charge is 0.274 e. The van der Waals surface area contributed by atoms with Crippen LogP contribution in [-0.2, 0) is 0 Å². The Labute approximate surface area is 145 Å². The van der Waals surface area contributed by atoms with Crippen LogP contribution in [0, 0.1) is 0 Å². The van der Waals surface area contributed by atoms with Crippen molar-refractivity contribution in [3.8, 4) is 0 Å². The number of halogens is 1. The highest BCUT2D eigenvalue weighted by molar-refractivity contribution is 6.30. The number of amides is 2. The highest BCUT2D eigenvalue weighted by atomic mass is 35.5. The molecule has 5 nitrogen and oxygen atoms in total. The molecule has 6 heteroatoms. The number of benzene rings is 1. The molecule has 0 bridgehead atoms. The van der Waals surface area contributed by atoms with Crippen LogP contribution >= 0.6 is 11.6 Å².